The molecule has 0 bridgehead atoms. The molecule has 0 saturated carbocycles. The second-order valence-electron chi connectivity index (χ2n) is 2.96. The highest BCUT2D eigenvalue weighted by Crippen LogP contribution is 2.26. The molecule has 1 rings (SSSR count). The van der Waals surface area contributed by atoms with Crippen LogP contribution in [0.15, 0.2) is 0 Å². The molecule has 1 saturated heterocycles. The van der Waals surface area contributed by atoms with E-state index in [2.05, 4.69) is 0 Å². The van der Waals surface area contributed by atoms with Crippen LogP contribution in [0, 0.1) is 0 Å². The maximum atomic E-state index is 12.2. The molecule has 0 aromatic carbocycles. The summed E-state index contributed by atoms with van der Waals surface area (Å²) in [4.78, 5) is 21.2. The average Bonchev–Trinajstić information content (AvgIpc) is 2.48. The zero-order valence-electron chi connectivity index (χ0n) is 6.97. The molecule has 0 radical (unpaired) electrons. The molecule has 80 valence electrons. The lowest BCUT2D eigenvalue weighted by Gasteiger charge is -2.21. The Hall–Kier alpha value is -1.14. The molecule has 1 fully saturated rings. The van der Waals surface area contributed by atoms with Crippen molar-refractivity contribution in [3.63, 3.8) is 0 Å². The smallest absolute Gasteiger partial charge is 0.322 e. The van der Waals surface area contributed by atoms with Crippen LogP contribution in [-0.4, -0.2) is 35.6 Å². The minimum atomic E-state index is -5.04. The number of alkyl halides is 3. The Labute approximate surface area is 76.7 Å². The Balaban J connectivity index is 2.77. The van der Waals surface area contributed by atoms with Crippen molar-refractivity contribution in [3.8, 4) is 0 Å². The maximum absolute atomic E-state index is 12.2. The summed E-state index contributed by atoms with van der Waals surface area (Å²) in [5.74, 6) is -2.15. The molecular weight excluding hydrogens is 206 g/mol. The van der Waals surface area contributed by atoms with Crippen LogP contribution in [0.1, 0.15) is 12.8 Å². The quantitative estimate of drug-likeness (QED) is 0.482. The predicted octanol–water partition coefficient (Wildman–Crippen LogP) is 1.04. The second-order valence-corrected chi connectivity index (χ2v) is 2.96. The number of carbonyl (C=O) groups is 2. The molecule has 0 N–H and O–H groups in total. The van der Waals surface area contributed by atoms with Gasteiger partial charge < -0.3 is 4.90 Å². The van der Waals surface area contributed by atoms with Gasteiger partial charge in [-0.15, -0.1) is 0 Å². The lowest BCUT2D eigenvalue weighted by atomic mass is 10.2. The van der Waals surface area contributed by atoms with E-state index in [0.717, 1.165) is 0 Å². The highest BCUT2D eigenvalue weighted by Gasteiger charge is 2.47. The molecule has 1 aliphatic rings. The van der Waals surface area contributed by atoms with Gasteiger partial charge in [0.05, 0.1) is 0 Å². The topological polar surface area (TPSA) is 37.4 Å². The van der Waals surface area contributed by atoms with Gasteiger partial charge in [0, 0.05) is 6.54 Å². The minimum Gasteiger partial charge on any atom is -0.322 e. The van der Waals surface area contributed by atoms with Gasteiger partial charge in [0.15, 0.2) is 0 Å². The predicted molar refractivity (Wildman–Crippen MR) is 36.9 cm³/mol. The Morgan fingerprint density at radius 1 is 1.29 bits per heavy atom. The van der Waals surface area contributed by atoms with Crippen LogP contribution in [0.25, 0.3) is 0 Å². The fourth-order valence-electron chi connectivity index (χ4n) is 1.41. The third-order valence-electron chi connectivity index (χ3n) is 2.02. The molecule has 0 aliphatic carbocycles. The molecule has 0 aromatic heterocycles. The fraction of sp³-hybridized carbons (Fsp3) is 0.714. The first-order valence-electron chi connectivity index (χ1n) is 3.91. The van der Waals surface area contributed by atoms with E-state index >= 15 is 0 Å². The zero-order valence-corrected chi connectivity index (χ0v) is 6.97. The zero-order chi connectivity index (χ0) is 10.9. The minimum absolute atomic E-state index is 0.0445. The van der Waals surface area contributed by atoms with Gasteiger partial charge in [-0.3, -0.25) is 9.59 Å². The highest BCUT2D eigenvalue weighted by atomic mass is 19.4. The number of nitrogens with zero attached hydrogens (tertiary/aromatic N) is 1. The van der Waals surface area contributed by atoms with E-state index < -0.39 is 24.2 Å². The summed E-state index contributed by atoms with van der Waals surface area (Å²) >= 11 is 0. The van der Waals surface area contributed by atoms with E-state index in [-0.39, 0.29) is 24.3 Å². The molecule has 1 heterocycles. The maximum Gasteiger partial charge on any atom is 0.471 e. The lowest BCUT2D eigenvalue weighted by molar-refractivity contribution is -0.187. The summed E-state index contributed by atoms with van der Waals surface area (Å²) in [7, 11) is 0. The number of hydrogen-bond acceptors (Lipinski definition) is 2. The van der Waals surface area contributed by atoms with E-state index in [1.54, 1.807) is 0 Å². The first-order valence-corrected chi connectivity index (χ1v) is 3.91. The summed E-state index contributed by atoms with van der Waals surface area (Å²) in [5, 5.41) is 0. The third kappa shape index (κ3) is 2.02. The van der Waals surface area contributed by atoms with E-state index in [9.17, 15) is 27.2 Å². The van der Waals surface area contributed by atoms with Crippen LogP contribution >= 0.6 is 0 Å². The number of halogens is 4. The van der Waals surface area contributed by atoms with Crippen LogP contribution in [0.4, 0.5) is 17.6 Å². The van der Waals surface area contributed by atoms with Crippen LogP contribution in [0.2, 0.25) is 0 Å². The Bertz CT molecular complexity index is 263. The van der Waals surface area contributed by atoms with E-state index in [1.165, 1.54) is 0 Å². The SMILES string of the molecule is O=C(F)C1CCCN1C(=O)C(F)(F)F. The second kappa shape index (κ2) is 3.55. The molecule has 7 heteroatoms. The van der Waals surface area contributed by atoms with Gasteiger partial charge in [0.2, 0.25) is 0 Å². The standard InChI is InChI=1S/C7H7F4NO2/c8-5(13)4-2-1-3-12(4)6(14)7(9,10)11/h4H,1-3H2. The number of likely N-dealkylation sites (tertiary alicyclic amines) is 1. The number of hydrogen-bond donors (Lipinski definition) is 0. The number of amides is 1. The van der Waals surface area contributed by atoms with Crippen molar-refractivity contribution in [2.45, 2.75) is 25.1 Å². The van der Waals surface area contributed by atoms with Crippen molar-refractivity contribution in [2.75, 3.05) is 6.54 Å². The highest BCUT2D eigenvalue weighted by molar-refractivity contribution is 5.87. The number of rotatable bonds is 1. The Morgan fingerprint density at radius 3 is 2.29 bits per heavy atom. The summed E-state index contributed by atoms with van der Waals surface area (Å²) in [6.07, 6.45) is -4.88. The fourth-order valence-corrected chi connectivity index (χ4v) is 1.41. The van der Waals surface area contributed by atoms with Crippen LogP contribution in [0.3, 0.4) is 0 Å². The van der Waals surface area contributed by atoms with Crippen molar-refractivity contribution in [2.24, 2.45) is 0 Å². The normalized spacial score (nSPS) is 22.6. The molecule has 1 amide bonds. The molecule has 0 aromatic rings. The molecule has 0 spiro atoms. The van der Waals surface area contributed by atoms with Gasteiger partial charge in [-0.2, -0.15) is 17.6 Å². The van der Waals surface area contributed by atoms with E-state index in [0.29, 0.717) is 0 Å². The molecule has 3 nitrogen and oxygen atoms in total. The van der Waals surface area contributed by atoms with Gasteiger partial charge in [-0.05, 0) is 12.8 Å². The van der Waals surface area contributed by atoms with Gasteiger partial charge in [-0.1, -0.05) is 0 Å². The van der Waals surface area contributed by atoms with Crippen molar-refractivity contribution in [1.82, 2.24) is 4.90 Å². The molecule has 14 heavy (non-hydrogen) atoms. The van der Waals surface area contributed by atoms with Crippen molar-refractivity contribution < 1.29 is 27.2 Å². The summed E-state index contributed by atoms with van der Waals surface area (Å²) in [5.41, 5.74) is 0. The van der Waals surface area contributed by atoms with Crippen LogP contribution in [0.5, 0.6) is 0 Å². The first kappa shape index (κ1) is 10.9. The Kier molecular flexibility index (Phi) is 2.77. The van der Waals surface area contributed by atoms with E-state index in [1.807, 2.05) is 0 Å². The summed E-state index contributed by atoms with van der Waals surface area (Å²) < 4.78 is 47.9. The van der Waals surface area contributed by atoms with Crippen LogP contribution in [-0.2, 0) is 9.59 Å². The third-order valence-corrected chi connectivity index (χ3v) is 2.02. The number of carbonyl (C=O) groups excluding carboxylic acids is 2. The van der Waals surface area contributed by atoms with Gasteiger partial charge >= 0.3 is 18.1 Å². The van der Waals surface area contributed by atoms with Crippen molar-refractivity contribution in [1.29, 1.82) is 0 Å². The van der Waals surface area contributed by atoms with E-state index in [4.69, 9.17) is 0 Å². The largest absolute Gasteiger partial charge is 0.471 e. The first-order chi connectivity index (χ1) is 6.34. The average molecular weight is 213 g/mol. The monoisotopic (exact) mass is 213 g/mol. The lowest BCUT2D eigenvalue weighted by Crippen LogP contribution is -2.46. The molecular formula is C7H7F4NO2. The van der Waals surface area contributed by atoms with Gasteiger partial charge in [0.25, 0.3) is 0 Å². The van der Waals surface area contributed by atoms with Crippen molar-refractivity contribution in [3.05, 3.63) is 0 Å². The molecule has 1 unspecified atom stereocenters. The van der Waals surface area contributed by atoms with Crippen LogP contribution < -0.4 is 0 Å². The summed E-state index contributed by atoms with van der Waals surface area (Å²) in [6.45, 7) is -0.224. The Morgan fingerprint density at radius 2 is 1.86 bits per heavy atom. The summed E-state index contributed by atoms with van der Waals surface area (Å²) in [6, 6.07) is -3.44. The molecule has 1 aliphatic heterocycles. The molecule has 1 atom stereocenters. The van der Waals surface area contributed by atoms with Gasteiger partial charge in [0.1, 0.15) is 6.04 Å². The van der Waals surface area contributed by atoms with Crippen molar-refractivity contribution >= 4 is 11.9 Å². The van der Waals surface area contributed by atoms with Gasteiger partial charge in [-0.25, -0.2) is 0 Å².